The van der Waals surface area contributed by atoms with Crippen molar-refractivity contribution in [3.05, 3.63) is 50.1 Å². The molecule has 0 aliphatic carbocycles. The van der Waals surface area contributed by atoms with Crippen LogP contribution in [0.15, 0.2) is 34.1 Å². The molecule has 0 saturated heterocycles. The van der Waals surface area contributed by atoms with Crippen LogP contribution >= 0.6 is 27.3 Å². The van der Waals surface area contributed by atoms with E-state index in [9.17, 15) is 4.79 Å². The third-order valence-corrected chi connectivity index (χ3v) is 4.83. The van der Waals surface area contributed by atoms with Gasteiger partial charge >= 0.3 is 0 Å². The number of methoxy groups -OCH3 is 1. The minimum atomic E-state index is -0.0466. The van der Waals surface area contributed by atoms with Crippen LogP contribution in [-0.4, -0.2) is 13.0 Å². The quantitative estimate of drug-likeness (QED) is 0.920. The van der Waals surface area contributed by atoms with Gasteiger partial charge in [-0.1, -0.05) is 12.1 Å². The van der Waals surface area contributed by atoms with Crippen LogP contribution in [0.1, 0.15) is 20.8 Å². The van der Waals surface area contributed by atoms with Gasteiger partial charge in [-0.15, -0.1) is 11.3 Å². The predicted molar refractivity (Wildman–Crippen MR) is 80.9 cm³/mol. The Bertz CT molecular complexity index is 558. The Labute approximate surface area is 124 Å². The van der Waals surface area contributed by atoms with E-state index in [0.717, 1.165) is 25.5 Å². The molecule has 1 aromatic heterocycles. The fourth-order valence-corrected chi connectivity index (χ4v) is 3.04. The maximum atomic E-state index is 12.0. The molecule has 0 radical (unpaired) electrons. The summed E-state index contributed by atoms with van der Waals surface area (Å²) in [5.41, 5.74) is 2.13. The molecule has 2 aromatic rings. The van der Waals surface area contributed by atoms with E-state index in [0.29, 0.717) is 6.54 Å². The van der Waals surface area contributed by atoms with Gasteiger partial charge in [-0.2, -0.15) is 0 Å². The van der Waals surface area contributed by atoms with Crippen LogP contribution in [0, 0.1) is 6.92 Å². The normalized spacial score (nSPS) is 10.3. The first-order valence-electron chi connectivity index (χ1n) is 5.77. The van der Waals surface area contributed by atoms with Crippen LogP contribution in [-0.2, 0) is 6.54 Å². The number of benzene rings is 1. The van der Waals surface area contributed by atoms with E-state index in [-0.39, 0.29) is 5.91 Å². The van der Waals surface area contributed by atoms with E-state index in [1.807, 2.05) is 37.3 Å². The average molecular weight is 340 g/mol. The molecule has 0 aliphatic heterocycles. The summed E-state index contributed by atoms with van der Waals surface area (Å²) in [4.78, 5) is 12.7. The van der Waals surface area contributed by atoms with Crippen molar-refractivity contribution in [3.63, 3.8) is 0 Å². The molecule has 0 bridgehead atoms. The van der Waals surface area contributed by atoms with Crippen LogP contribution < -0.4 is 10.1 Å². The summed E-state index contributed by atoms with van der Waals surface area (Å²) in [5.74, 6) is 0.766. The van der Waals surface area contributed by atoms with Crippen molar-refractivity contribution in [3.8, 4) is 5.75 Å². The number of aryl methyl sites for hydroxylation is 1. The molecule has 0 unspecified atom stereocenters. The van der Waals surface area contributed by atoms with E-state index in [1.54, 1.807) is 7.11 Å². The minimum Gasteiger partial charge on any atom is -0.497 e. The summed E-state index contributed by atoms with van der Waals surface area (Å²) in [6, 6.07) is 9.53. The van der Waals surface area contributed by atoms with Crippen LogP contribution in [0.25, 0.3) is 0 Å². The number of carbonyl (C=O) groups is 1. The third kappa shape index (κ3) is 3.58. The molecule has 100 valence electrons. The SMILES string of the molecule is COc1ccc(CNC(=O)c2cc(C)c(Br)s2)cc1. The number of ether oxygens (including phenoxy) is 1. The average Bonchev–Trinajstić information content (AvgIpc) is 2.77. The molecule has 0 fully saturated rings. The Kier molecular flexibility index (Phi) is 4.61. The predicted octanol–water partition coefficient (Wildman–Crippen LogP) is 3.76. The van der Waals surface area contributed by atoms with Gasteiger partial charge in [0.05, 0.1) is 15.8 Å². The first-order chi connectivity index (χ1) is 9.10. The highest BCUT2D eigenvalue weighted by molar-refractivity contribution is 9.11. The Balaban J connectivity index is 1.96. The molecule has 19 heavy (non-hydrogen) atoms. The zero-order valence-corrected chi connectivity index (χ0v) is 13.1. The summed E-state index contributed by atoms with van der Waals surface area (Å²) in [6.07, 6.45) is 0. The molecule has 0 saturated carbocycles. The molecule has 1 amide bonds. The number of nitrogens with one attached hydrogen (secondary N) is 1. The molecular formula is C14H14BrNO2S. The van der Waals surface area contributed by atoms with Crippen LogP contribution in [0.5, 0.6) is 5.75 Å². The Morgan fingerprint density at radius 3 is 2.58 bits per heavy atom. The molecule has 1 N–H and O–H groups in total. The highest BCUT2D eigenvalue weighted by Gasteiger charge is 2.10. The smallest absolute Gasteiger partial charge is 0.261 e. The van der Waals surface area contributed by atoms with Crippen LogP contribution in [0.2, 0.25) is 0 Å². The van der Waals surface area contributed by atoms with Gasteiger partial charge in [-0.05, 0) is 52.2 Å². The van der Waals surface area contributed by atoms with E-state index < -0.39 is 0 Å². The number of halogens is 1. The first-order valence-corrected chi connectivity index (χ1v) is 7.38. The standard InChI is InChI=1S/C14H14BrNO2S/c1-9-7-12(19-13(9)15)14(17)16-8-10-3-5-11(18-2)6-4-10/h3-7H,8H2,1-2H3,(H,16,17). The van der Waals surface area contributed by atoms with Crippen molar-refractivity contribution < 1.29 is 9.53 Å². The minimum absolute atomic E-state index is 0.0466. The van der Waals surface area contributed by atoms with Crippen molar-refractivity contribution in [1.29, 1.82) is 0 Å². The molecule has 1 heterocycles. The van der Waals surface area contributed by atoms with Crippen molar-refractivity contribution >= 4 is 33.2 Å². The topological polar surface area (TPSA) is 38.3 Å². The van der Waals surface area contributed by atoms with Crippen LogP contribution in [0.3, 0.4) is 0 Å². The highest BCUT2D eigenvalue weighted by atomic mass is 79.9. The molecule has 5 heteroatoms. The van der Waals surface area contributed by atoms with E-state index >= 15 is 0 Å². The zero-order valence-electron chi connectivity index (χ0n) is 10.7. The number of hydrogen-bond acceptors (Lipinski definition) is 3. The van der Waals surface area contributed by atoms with Gasteiger partial charge in [-0.3, -0.25) is 4.79 Å². The van der Waals surface area contributed by atoms with Gasteiger partial charge < -0.3 is 10.1 Å². The lowest BCUT2D eigenvalue weighted by Gasteiger charge is -2.05. The van der Waals surface area contributed by atoms with E-state index in [4.69, 9.17) is 4.74 Å². The second-order valence-corrected chi connectivity index (χ2v) is 6.47. The molecular weight excluding hydrogens is 326 g/mol. The lowest BCUT2D eigenvalue weighted by Crippen LogP contribution is -2.21. The fourth-order valence-electron chi connectivity index (χ4n) is 1.58. The van der Waals surface area contributed by atoms with Gasteiger partial charge in [0.15, 0.2) is 0 Å². The van der Waals surface area contributed by atoms with Gasteiger partial charge in [0.2, 0.25) is 0 Å². The Hall–Kier alpha value is -1.33. The van der Waals surface area contributed by atoms with Crippen LogP contribution in [0.4, 0.5) is 0 Å². The second kappa shape index (κ2) is 6.21. The monoisotopic (exact) mass is 339 g/mol. The van der Waals surface area contributed by atoms with Crippen molar-refractivity contribution in [1.82, 2.24) is 5.32 Å². The summed E-state index contributed by atoms with van der Waals surface area (Å²) in [5, 5.41) is 2.90. The number of carbonyl (C=O) groups excluding carboxylic acids is 1. The third-order valence-electron chi connectivity index (χ3n) is 2.69. The summed E-state index contributed by atoms with van der Waals surface area (Å²) in [6.45, 7) is 2.48. The number of amides is 1. The van der Waals surface area contributed by atoms with Gasteiger partial charge in [0.1, 0.15) is 5.75 Å². The second-order valence-electron chi connectivity index (χ2n) is 4.10. The zero-order chi connectivity index (χ0) is 13.8. The summed E-state index contributed by atoms with van der Waals surface area (Å²) in [7, 11) is 1.63. The lowest BCUT2D eigenvalue weighted by molar-refractivity contribution is 0.0955. The molecule has 0 aliphatic rings. The number of hydrogen-bond donors (Lipinski definition) is 1. The molecule has 0 spiro atoms. The first kappa shape index (κ1) is 14.1. The molecule has 3 nitrogen and oxygen atoms in total. The van der Waals surface area contributed by atoms with Gasteiger partial charge in [0.25, 0.3) is 5.91 Å². The number of thiophene rings is 1. The Morgan fingerprint density at radius 2 is 2.05 bits per heavy atom. The lowest BCUT2D eigenvalue weighted by atomic mass is 10.2. The summed E-state index contributed by atoms with van der Waals surface area (Å²) >= 11 is 4.87. The maximum Gasteiger partial charge on any atom is 0.261 e. The van der Waals surface area contributed by atoms with E-state index in [2.05, 4.69) is 21.2 Å². The highest BCUT2D eigenvalue weighted by Crippen LogP contribution is 2.27. The van der Waals surface area contributed by atoms with Crippen molar-refractivity contribution in [2.24, 2.45) is 0 Å². The fraction of sp³-hybridized carbons (Fsp3) is 0.214. The summed E-state index contributed by atoms with van der Waals surface area (Å²) < 4.78 is 6.09. The molecule has 1 aromatic carbocycles. The van der Waals surface area contributed by atoms with E-state index in [1.165, 1.54) is 11.3 Å². The van der Waals surface area contributed by atoms with Crippen molar-refractivity contribution in [2.45, 2.75) is 13.5 Å². The largest absolute Gasteiger partial charge is 0.497 e. The Morgan fingerprint density at radius 1 is 1.37 bits per heavy atom. The number of rotatable bonds is 4. The maximum absolute atomic E-state index is 12.0. The van der Waals surface area contributed by atoms with Gasteiger partial charge in [0, 0.05) is 6.54 Å². The molecule has 2 rings (SSSR count). The van der Waals surface area contributed by atoms with Gasteiger partial charge in [-0.25, -0.2) is 0 Å². The van der Waals surface area contributed by atoms with Crippen molar-refractivity contribution in [2.75, 3.05) is 7.11 Å². The molecule has 0 atom stereocenters.